The second-order valence-electron chi connectivity index (χ2n) is 5.60. The Bertz CT molecular complexity index is 621. The standard InChI is InChI=1S/C16H23N3O2/c1-10(15(17)16(20)21-11(2)19(3)4)13-9-18-14-8-6-5-7-12(13)14/h5-11,15,18H,17H2,1-4H3. The molecule has 2 aromatic rings. The summed E-state index contributed by atoms with van der Waals surface area (Å²) in [5.41, 5.74) is 8.16. The molecule has 0 aliphatic heterocycles. The van der Waals surface area contributed by atoms with Crippen LogP contribution in [0.15, 0.2) is 30.5 Å². The smallest absolute Gasteiger partial charge is 0.325 e. The van der Waals surface area contributed by atoms with E-state index in [2.05, 4.69) is 4.98 Å². The van der Waals surface area contributed by atoms with Crippen LogP contribution in [-0.4, -0.2) is 42.2 Å². The van der Waals surface area contributed by atoms with E-state index in [1.54, 1.807) is 0 Å². The van der Waals surface area contributed by atoms with Gasteiger partial charge in [0.25, 0.3) is 0 Å². The average Bonchev–Trinajstić information content (AvgIpc) is 2.89. The van der Waals surface area contributed by atoms with Crippen molar-refractivity contribution in [2.75, 3.05) is 14.1 Å². The third-order valence-electron chi connectivity index (χ3n) is 3.94. The lowest BCUT2D eigenvalue weighted by atomic mass is 9.93. The molecule has 0 spiro atoms. The molecule has 5 nitrogen and oxygen atoms in total. The van der Waals surface area contributed by atoms with E-state index in [0.29, 0.717) is 0 Å². The largest absolute Gasteiger partial charge is 0.445 e. The van der Waals surface area contributed by atoms with Crippen molar-refractivity contribution in [3.63, 3.8) is 0 Å². The second kappa shape index (κ2) is 6.28. The average molecular weight is 289 g/mol. The summed E-state index contributed by atoms with van der Waals surface area (Å²) in [5, 5.41) is 1.09. The number of nitrogens with zero attached hydrogens (tertiary/aromatic N) is 1. The van der Waals surface area contributed by atoms with E-state index in [1.165, 1.54) is 0 Å². The summed E-state index contributed by atoms with van der Waals surface area (Å²) in [7, 11) is 3.71. The highest BCUT2D eigenvalue weighted by Gasteiger charge is 2.27. The molecule has 1 aromatic heterocycles. The molecule has 0 aliphatic carbocycles. The zero-order chi connectivity index (χ0) is 15.6. The van der Waals surface area contributed by atoms with Crippen LogP contribution in [0.3, 0.4) is 0 Å². The van der Waals surface area contributed by atoms with Gasteiger partial charge in [-0.15, -0.1) is 0 Å². The van der Waals surface area contributed by atoms with E-state index in [4.69, 9.17) is 10.5 Å². The Labute approximate surface area is 125 Å². The number of aromatic nitrogens is 1. The van der Waals surface area contributed by atoms with Gasteiger partial charge >= 0.3 is 5.97 Å². The van der Waals surface area contributed by atoms with E-state index in [-0.39, 0.29) is 18.1 Å². The summed E-state index contributed by atoms with van der Waals surface area (Å²) in [6.07, 6.45) is 1.62. The van der Waals surface area contributed by atoms with Gasteiger partial charge in [0.05, 0.1) is 0 Å². The molecule has 1 aromatic carbocycles. The number of fused-ring (bicyclic) bond motifs is 1. The molecule has 0 saturated carbocycles. The summed E-state index contributed by atoms with van der Waals surface area (Å²) >= 11 is 0. The molecule has 0 fully saturated rings. The number of esters is 1. The van der Waals surface area contributed by atoms with Crippen molar-refractivity contribution in [2.24, 2.45) is 5.73 Å². The third kappa shape index (κ3) is 3.25. The highest BCUT2D eigenvalue weighted by molar-refractivity contribution is 5.85. The molecule has 114 valence electrons. The summed E-state index contributed by atoms with van der Waals surface area (Å²) < 4.78 is 5.36. The van der Waals surface area contributed by atoms with Gasteiger partial charge in [-0.3, -0.25) is 9.69 Å². The fourth-order valence-corrected chi connectivity index (χ4v) is 2.22. The number of carbonyl (C=O) groups is 1. The van der Waals surface area contributed by atoms with Crippen molar-refractivity contribution >= 4 is 16.9 Å². The number of ether oxygens (including phenoxy) is 1. The van der Waals surface area contributed by atoms with Crippen LogP contribution in [0.2, 0.25) is 0 Å². The first-order chi connectivity index (χ1) is 9.91. The van der Waals surface area contributed by atoms with E-state index >= 15 is 0 Å². The molecule has 0 bridgehead atoms. The SMILES string of the molecule is CC(c1c[nH]c2ccccc12)C(N)C(=O)OC(C)N(C)C. The van der Waals surface area contributed by atoms with Crippen LogP contribution in [0.4, 0.5) is 0 Å². The number of nitrogens with one attached hydrogen (secondary N) is 1. The van der Waals surface area contributed by atoms with Crippen molar-refractivity contribution in [3.8, 4) is 0 Å². The number of nitrogens with two attached hydrogens (primary N) is 1. The topological polar surface area (TPSA) is 71.3 Å². The lowest BCUT2D eigenvalue weighted by Gasteiger charge is -2.24. The van der Waals surface area contributed by atoms with Crippen molar-refractivity contribution in [2.45, 2.75) is 32.0 Å². The lowest BCUT2D eigenvalue weighted by Crippen LogP contribution is -2.41. The van der Waals surface area contributed by atoms with E-state index in [0.717, 1.165) is 16.5 Å². The Balaban J connectivity index is 2.15. The number of H-pyrrole nitrogens is 1. The highest BCUT2D eigenvalue weighted by atomic mass is 16.6. The zero-order valence-electron chi connectivity index (χ0n) is 13.0. The van der Waals surface area contributed by atoms with Crippen LogP contribution in [0, 0.1) is 0 Å². The highest BCUT2D eigenvalue weighted by Crippen LogP contribution is 2.27. The van der Waals surface area contributed by atoms with Gasteiger partial charge in [0.15, 0.2) is 6.23 Å². The Morgan fingerprint density at radius 3 is 2.62 bits per heavy atom. The summed E-state index contributed by atoms with van der Waals surface area (Å²) in [6, 6.07) is 7.29. The number of rotatable bonds is 5. The molecular weight excluding hydrogens is 266 g/mol. The van der Waals surface area contributed by atoms with Gasteiger partial charge in [-0.25, -0.2) is 0 Å². The van der Waals surface area contributed by atoms with Crippen LogP contribution in [0.1, 0.15) is 25.3 Å². The molecular formula is C16H23N3O2. The maximum atomic E-state index is 12.1. The maximum absolute atomic E-state index is 12.1. The molecule has 3 unspecified atom stereocenters. The van der Waals surface area contributed by atoms with Gasteiger partial charge in [0, 0.05) is 23.0 Å². The minimum Gasteiger partial charge on any atom is -0.445 e. The molecule has 0 saturated heterocycles. The zero-order valence-corrected chi connectivity index (χ0v) is 13.0. The van der Waals surface area contributed by atoms with Crippen molar-refractivity contribution in [1.29, 1.82) is 0 Å². The molecule has 0 amide bonds. The summed E-state index contributed by atoms with van der Waals surface area (Å²) in [6.45, 7) is 3.77. The van der Waals surface area contributed by atoms with Crippen molar-refractivity contribution in [1.82, 2.24) is 9.88 Å². The maximum Gasteiger partial charge on any atom is 0.325 e. The molecule has 21 heavy (non-hydrogen) atoms. The fourth-order valence-electron chi connectivity index (χ4n) is 2.22. The first-order valence-electron chi connectivity index (χ1n) is 7.10. The number of hydrogen-bond donors (Lipinski definition) is 2. The Morgan fingerprint density at radius 2 is 1.95 bits per heavy atom. The molecule has 0 radical (unpaired) electrons. The van der Waals surface area contributed by atoms with Gasteiger partial charge < -0.3 is 15.5 Å². The number of benzene rings is 1. The quantitative estimate of drug-likeness (QED) is 0.653. The van der Waals surface area contributed by atoms with E-state index in [9.17, 15) is 4.79 Å². The Kier molecular flexibility index (Phi) is 4.65. The Morgan fingerprint density at radius 1 is 1.29 bits per heavy atom. The monoisotopic (exact) mass is 289 g/mol. The Hall–Kier alpha value is -1.85. The van der Waals surface area contributed by atoms with Gasteiger partial charge in [-0.05, 0) is 32.6 Å². The molecule has 1 heterocycles. The van der Waals surface area contributed by atoms with Crippen LogP contribution < -0.4 is 5.73 Å². The summed E-state index contributed by atoms with van der Waals surface area (Å²) in [5.74, 6) is -0.503. The lowest BCUT2D eigenvalue weighted by molar-refractivity contribution is -0.157. The van der Waals surface area contributed by atoms with Crippen LogP contribution in [0.25, 0.3) is 10.9 Å². The predicted molar refractivity (Wildman–Crippen MR) is 83.9 cm³/mol. The fraction of sp³-hybridized carbons (Fsp3) is 0.438. The van der Waals surface area contributed by atoms with Gasteiger partial charge in [-0.2, -0.15) is 0 Å². The predicted octanol–water partition coefficient (Wildman–Crippen LogP) is 2.05. The van der Waals surface area contributed by atoms with Gasteiger partial charge in [-0.1, -0.05) is 25.1 Å². The molecule has 0 aliphatic rings. The molecule has 3 atom stereocenters. The first-order valence-corrected chi connectivity index (χ1v) is 7.10. The van der Waals surface area contributed by atoms with Gasteiger partial charge in [0.2, 0.25) is 0 Å². The van der Waals surface area contributed by atoms with Gasteiger partial charge in [0.1, 0.15) is 6.04 Å². The van der Waals surface area contributed by atoms with E-state index < -0.39 is 6.04 Å². The number of aromatic amines is 1. The van der Waals surface area contributed by atoms with E-state index in [1.807, 2.05) is 63.3 Å². The van der Waals surface area contributed by atoms with Crippen LogP contribution in [-0.2, 0) is 9.53 Å². The molecule has 2 rings (SSSR count). The number of para-hydroxylation sites is 1. The number of hydrogen-bond acceptors (Lipinski definition) is 4. The van der Waals surface area contributed by atoms with Crippen molar-refractivity contribution < 1.29 is 9.53 Å². The van der Waals surface area contributed by atoms with Crippen LogP contribution in [0.5, 0.6) is 0 Å². The van der Waals surface area contributed by atoms with Crippen LogP contribution >= 0.6 is 0 Å². The summed E-state index contributed by atoms with van der Waals surface area (Å²) in [4.78, 5) is 17.2. The molecule has 5 heteroatoms. The third-order valence-corrected chi connectivity index (χ3v) is 3.94. The first kappa shape index (κ1) is 15.5. The van der Waals surface area contributed by atoms with Crippen molar-refractivity contribution in [3.05, 3.63) is 36.0 Å². The number of carbonyl (C=O) groups excluding carboxylic acids is 1. The second-order valence-corrected chi connectivity index (χ2v) is 5.60. The molecule has 3 N–H and O–H groups in total. The normalized spacial score (nSPS) is 15.9. The minimum absolute atomic E-state index is 0.122. The minimum atomic E-state index is -0.688.